The van der Waals surface area contributed by atoms with Crippen LogP contribution in [0.3, 0.4) is 0 Å². The molecular formula is C9H14N2O. The number of nitrogens with two attached hydrogens (primary N) is 1. The van der Waals surface area contributed by atoms with Crippen molar-refractivity contribution in [3.05, 3.63) is 11.6 Å². The summed E-state index contributed by atoms with van der Waals surface area (Å²) in [4.78, 5) is 4.34. The summed E-state index contributed by atoms with van der Waals surface area (Å²) in [6, 6.07) is 0.344. The van der Waals surface area contributed by atoms with Gasteiger partial charge in [0.1, 0.15) is 6.61 Å². The Labute approximate surface area is 72.3 Å². The van der Waals surface area contributed by atoms with E-state index in [0.29, 0.717) is 12.6 Å². The van der Waals surface area contributed by atoms with Crippen LogP contribution in [0.5, 0.6) is 0 Å². The number of allylic oxidation sites excluding steroid dienone is 1. The molecule has 0 aromatic carbocycles. The molecule has 2 aliphatic rings. The fraction of sp³-hybridized carbons (Fsp3) is 0.667. The second-order valence-electron chi connectivity index (χ2n) is 3.63. The van der Waals surface area contributed by atoms with Crippen LogP contribution >= 0.6 is 0 Å². The Kier molecular flexibility index (Phi) is 1.60. The molecule has 0 saturated heterocycles. The van der Waals surface area contributed by atoms with Crippen LogP contribution in [0.2, 0.25) is 0 Å². The van der Waals surface area contributed by atoms with Gasteiger partial charge in [0.2, 0.25) is 0 Å². The number of nitrogens with zero attached hydrogens (tertiary/aromatic N) is 1. The van der Waals surface area contributed by atoms with Gasteiger partial charge in [0.15, 0.2) is 0 Å². The molecule has 12 heavy (non-hydrogen) atoms. The van der Waals surface area contributed by atoms with E-state index < -0.39 is 0 Å². The van der Waals surface area contributed by atoms with Crippen LogP contribution in [0.25, 0.3) is 0 Å². The van der Waals surface area contributed by atoms with Gasteiger partial charge in [-0.3, -0.25) is 0 Å². The van der Waals surface area contributed by atoms with E-state index in [2.05, 4.69) is 18.0 Å². The van der Waals surface area contributed by atoms with Crippen molar-refractivity contribution >= 4 is 6.02 Å². The van der Waals surface area contributed by atoms with E-state index >= 15 is 0 Å². The van der Waals surface area contributed by atoms with Crippen molar-refractivity contribution in [3.8, 4) is 0 Å². The SMILES string of the molecule is CC12CCCC=C1COC(N)=N2. The van der Waals surface area contributed by atoms with Gasteiger partial charge in [-0.2, -0.15) is 0 Å². The van der Waals surface area contributed by atoms with Gasteiger partial charge in [0.05, 0.1) is 5.54 Å². The Bertz CT molecular complexity index is 257. The van der Waals surface area contributed by atoms with Crippen LogP contribution in [-0.2, 0) is 4.74 Å². The summed E-state index contributed by atoms with van der Waals surface area (Å²) in [5.41, 5.74) is 6.77. The van der Waals surface area contributed by atoms with Gasteiger partial charge < -0.3 is 10.5 Å². The van der Waals surface area contributed by atoms with Crippen LogP contribution in [0.4, 0.5) is 0 Å². The summed E-state index contributed by atoms with van der Waals surface area (Å²) in [5.74, 6) is 0. The van der Waals surface area contributed by atoms with Crippen LogP contribution in [0, 0.1) is 0 Å². The molecule has 1 aliphatic carbocycles. The second-order valence-corrected chi connectivity index (χ2v) is 3.63. The molecule has 3 heteroatoms. The third-order valence-electron chi connectivity index (χ3n) is 2.68. The van der Waals surface area contributed by atoms with Gasteiger partial charge in [0, 0.05) is 0 Å². The molecule has 0 amide bonds. The molecule has 1 atom stereocenters. The Morgan fingerprint density at radius 2 is 2.50 bits per heavy atom. The molecule has 66 valence electrons. The summed E-state index contributed by atoms with van der Waals surface area (Å²) < 4.78 is 5.17. The molecule has 0 aromatic heterocycles. The summed E-state index contributed by atoms with van der Waals surface area (Å²) in [6.07, 6.45) is 5.70. The van der Waals surface area contributed by atoms with E-state index in [0.717, 1.165) is 12.8 Å². The number of hydrogen-bond donors (Lipinski definition) is 1. The minimum atomic E-state index is -0.0550. The summed E-state index contributed by atoms with van der Waals surface area (Å²) in [5, 5.41) is 0. The van der Waals surface area contributed by atoms with Crippen LogP contribution in [0.1, 0.15) is 26.2 Å². The van der Waals surface area contributed by atoms with Crippen LogP contribution in [0.15, 0.2) is 16.6 Å². The van der Waals surface area contributed by atoms with Gasteiger partial charge in [-0.25, -0.2) is 4.99 Å². The zero-order valence-corrected chi connectivity index (χ0v) is 7.34. The minimum absolute atomic E-state index is 0.0550. The number of fused-ring (bicyclic) bond motifs is 1. The Morgan fingerprint density at radius 3 is 3.33 bits per heavy atom. The van der Waals surface area contributed by atoms with E-state index in [1.54, 1.807) is 0 Å². The second kappa shape index (κ2) is 2.51. The Hall–Kier alpha value is -0.990. The lowest BCUT2D eigenvalue weighted by atomic mass is 9.82. The van der Waals surface area contributed by atoms with Gasteiger partial charge >= 0.3 is 0 Å². The maximum atomic E-state index is 5.53. The van der Waals surface area contributed by atoms with Crippen molar-refractivity contribution in [3.63, 3.8) is 0 Å². The van der Waals surface area contributed by atoms with Gasteiger partial charge in [-0.1, -0.05) is 6.08 Å². The van der Waals surface area contributed by atoms with Gasteiger partial charge in [0.25, 0.3) is 6.02 Å². The first-order chi connectivity index (χ1) is 5.71. The lowest BCUT2D eigenvalue weighted by molar-refractivity contribution is 0.265. The van der Waals surface area contributed by atoms with E-state index in [-0.39, 0.29) is 5.54 Å². The lowest BCUT2D eigenvalue weighted by Crippen LogP contribution is -2.38. The van der Waals surface area contributed by atoms with Gasteiger partial charge in [-0.15, -0.1) is 0 Å². The molecule has 0 fully saturated rings. The molecule has 0 aromatic rings. The fourth-order valence-corrected chi connectivity index (χ4v) is 1.87. The molecule has 2 N–H and O–H groups in total. The highest BCUT2D eigenvalue weighted by Gasteiger charge is 2.34. The predicted octanol–water partition coefficient (Wildman–Crippen LogP) is 1.20. The predicted molar refractivity (Wildman–Crippen MR) is 47.9 cm³/mol. The van der Waals surface area contributed by atoms with Gasteiger partial charge in [-0.05, 0) is 31.8 Å². The Morgan fingerprint density at radius 1 is 1.67 bits per heavy atom. The molecule has 0 bridgehead atoms. The quantitative estimate of drug-likeness (QED) is 0.550. The highest BCUT2D eigenvalue weighted by Crippen LogP contribution is 2.34. The zero-order valence-electron chi connectivity index (χ0n) is 7.34. The first-order valence-corrected chi connectivity index (χ1v) is 4.38. The molecule has 3 nitrogen and oxygen atoms in total. The minimum Gasteiger partial charge on any atom is -0.461 e. The van der Waals surface area contributed by atoms with Crippen molar-refractivity contribution in [1.29, 1.82) is 0 Å². The number of aliphatic imine (C=N–C) groups is 1. The topological polar surface area (TPSA) is 47.6 Å². The van der Waals surface area contributed by atoms with Crippen molar-refractivity contribution < 1.29 is 4.74 Å². The van der Waals surface area contributed by atoms with Crippen molar-refractivity contribution in [2.24, 2.45) is 10.7 Å². The fourth-order valence-electron chi connectivity index (χ4n) is 1.87. The number of rotatable bonds is 0. The van der Waals surface area contributed by atoms with E-state index in [1.165, 1.54) is 12.0 Å². The van der Waals surface area contributed by atoms with E-state index in [9.17, 15) is 0 Å². The van der Waals surface area contributed by atoms with Crippen molar-refractivity contribution in [2.75, 3.05) is 6.61 Å². The Balaban J connectivity index is 2.35. The molecule has 1 aliphatic heterocycles. The average molecular weight is 166 g/mol. The highest BCUT2D eigenvalue weighted by atomic mass is 16.5. The molecule has 0 spiro atoms. The first kappa shape index (κ1) is 7.65. The molecule has 1 heterocycles. The summed E-state index contributed by atoms with van der Waals surface area (Å²) >= 11 is 0. The molecule has 2 rings (SSSR count). The maximum Gasteiger partial charge on any atom is 0.283 e. The normalized spacial score (nSPS) is 34.4. The summed E-state index contributed by atoms with van der Waals surface area (Å²) in [7, 11) is 0. The third-order valence-corrected chi connectivity index (χ3v) is 2.68. The smallest absolute Gasteiger partial charge is 0.283 e. The first-order valence-electron chi connectivity index (χ1n) is 4.38. The van der Waals surface area contributed by atoms with Crippen molar-refractivity contribution in [2.45, 2.75) is 31.7 Å². The molecular weight excluding hydrogens is 152 g/mol. The van der Waals surface area contributed by atoms with Crippen LogP contribution in [-0.4, -0.2) is 18.2 Å². The largest absolute Gasteiger partial charge is 0.461 e. The maximum absolute atomic E-state index is 5.53. The molecule has 0 radical (unpaired) electrons. The lowest BCUT2D eigenvalue weighted by Gasteiger charge is -2.35. The standard InChI is InChI=1S/C9H14N2O/c1-9-5-3-2-4-7(9)6-12-8(10)11-9/h4H,2-3,5-6H2,1H3,(H2,10,11). The summed E-state index contributed by atoms with van der Waals surface area (Å²) in [6.45, 7) is 2.76. The van der Waals surface area contributed by atoms with E-state index in [4.69, 9.17) is 10.5 Å². The zero-order chi connectivity index (χ0) is 8.60. The van der Waals surface area contributed by atoms with E-state index in [1.807, 2.05) is 0 Å². The molecule has 1 unspecified atom stereocenters. The third kappa shape index (κ3) is 1.09. The van der Waals surface area contributed by atoms with Crippen LogP contribution < -0.4 is 5.73 Å². The monoisotopic (exact) mass is 166 g/mol. The molecule has 0 saturated carbocycles. The number of hydrogen-bond acceptors (Lipinski definition) is 3. The average Bonchev–Trinajstić information content (AvgIpc) is 2.02. The number of ether oxygens (including phenoxy) is 1. The number of amidine groups is 1. The highest BCUT2D eigenvalue weighted by molar-refractivity contribution is 5.73. The van der Waals surface area contributed by atoms with Crippen molar-refractivity contribution in [1.82, 2.24) is 0 Å².